The number of hydrogen-bond acceptors (Lipinski definition) is 3. The van der Waals surface area contributed by atoms with Crippen LogP contribution in [0.15, 0.2) is 40.9 Å². The second-order valence-electron chi connectivity index (χ2n) is 3.19. The zero-order valence-corrected chi connectivity index (χ0v) is 8.64. The summed E-state index contributed by atoms with van der Waals surface area (Å²) < 4.78 is 23.5. The summed E-state index contributed by atoms with van der Waals surface area (Å²) in [5, 5.41) is 3.08. The SMILES string of the molecule is CC=C1CS(=O)(=O)c2ccccc2N1. The minimum Gasteiger partial charge on any atom is -0.357 e. The third-order valence-electron chi connectivity index (χ3n) is 2.21. The van der Waals surface area contributed by atoms with Gasteiger partial charge in [-0.15, -0.1) is 0 Å². The van der Waals surface area contributed by atoms with E-state index in [0.717, 1.165) is 5.70 Å². The van der Waals surface area contributed by atoms with Crippen molar-refractivity contribution in [2.24, 2.45) is 0 Å². The zero-order chi connectivity index (χ0) is 10.2. The lowest BCUT2D eigenvalue weighted by Gasteiger charge is -2.20. The minimum absolute atomic E-state index is 0.0700. The number of nitrogens with one attached hydrogen (secondary N) is 1. The quantitative estimate of drug-likeness (QED) is 0.708. The molecule has 0 atom stereocenters. The van der Waals surface area contributed by atoms with Gasteiger partial charge in [0.25, 0.3) is 0 Å². The monoisotopic (exact) mass is 209 g/mol. The summed E-state index contributed by atoms with van der Waals surface area (Å²) in [6.07, 6.45) is 1.79. The Morgan fingerprint density at radius 1 is 1.36 bits per heavy atom. The Hall–Kier alpha value is -1.29. The van der Waals surface area contributed by atoms with Crippen molar-refractivity contribution in [1.82, 2.24) is 0 Å². The number of allylic oxidation sites excluding steroid dienone is 1. The van der Waals surface area contributed by atoms with Gasteiger partial charge in [0.1, 0.15) is 0 Å². The highest BCUT2D eigenvalue weighted by atomic mass is 32.2. The van der Waals surface area contributed by atoms with Gasteiger partial charge in [-0.1, -0.05) is 18.2 Å². The van der Waals surface area contributed by atoms with Gasteiger partial charge in [-0.3, -0.25) is 0 Å². The lowest BCUT2D eigenvalue weighted by Crippen LogP contribution is -2.21. The molecule has 0 unspecified atom stereocenters. The maximum atomic E-state index is 11.8. The van der Waals surface area contributed by atoms with Crippen molar-refractivity contribution in [3.8, 4) is 0 Å². The summed E-state index contributed by atoms with van der Waals surface area (Å²) in [7, 11) is -3.13. The molecule has 0 bridgehead atoms. The minimum atomic E-state index is -3.13. The van der Waals surface area contributed by atoms with Crippen LogP contribution in [-0.4, -0.2) is 14.2 Å². The van der Waals surface area contributed by atoms with Crippen LogP contribution in [0.2, 0.25) is 0 Å². The number of rotatable bonds is 0. The molecule has 1 aromatic carbocycles. The van der Waals surface area contributed by atoms with Gasteiger partial charge in [-0.05, 0) is 19.1 Å². The number of anilines is 1. The van der Waals surface area contributed by atoms with Crippen LogP contribution in [0.5, 0.6) is 0 Å². The van der Waals surface area contributed by atoms with Gasteiger partial charge in [0, 0.05) is 5.70 Å². The first kappa shape index (κ1) is 9.27. The van der Waals surface area contributed by atoms with E-state index < -0.39 is 9.84 Å². The third kappa shape index (κ3) is 1.42. The highest BCUT2D eigenvalue weighted by molar-refractivity contribution is 7.91. The maximum Gasteiger partial charge on any atom is 0.186 e. The Labute approximate surface area is 83.4 Å². The second-order valence-corrected chi connectivity index (χ2v) is 5.15. The van der Waals surface area contributed by atoms with Gasteiger partial charge in [-0.25, -0.2) is 8.42 Å². The van der Waals surface area contributed by atoms with E-state index in [1.807, 2.05) is 13.0 Å². The lowest BCUT2D eigenvalue weighted by atomic mass is 10.3. The number of benzene rings is 1. The van der Waals surface area contributed by atoms with Crippen LogP contribution in [-0.2, 0) is 9.84 Å². The molecule has 4 heteroatoms. The zero-order valence-electron chi connectivity index (χ0n) is 7.82. The molecule has 3 nitrogen and oxygen atoms in total. The topological polar surface area (TPSA) is 46.2 Å². The number of para-hydroxylation sites is 1. The van der Waals surface area contributed by atoms with E-state index in [-0.39, 0.29) is 5.75 Å². The molecule has 0 spiro atoms. The van der Waals surface area contributed by atoms with Crippen molar-refractivity contribution in [1.29, 1.82) is 0 Å². The van der Waals surface area contributed by atoms with Gasteiger partial charge < -0.3 is 5.32 Å². The summed E-state index contributed by atoms with van der Waals surface area (Å²) in [6, 6.07) is 6.96. The van der Waals surface area contributed by atoms with Gasteiger partial charge in [0.05, 0.1) is 16.3 Å². The van der Waals surface area contributed by atoms with Crippen molar-refractivity contribution in [2.75, 3.05) is 11.1 Å². The molecule has 0 aliphatic carbocycles. The molecule has 0 fully saturated rings. The van der Waals surface area contributed by atoms with E-state index in [4.69, 9.17) is 0 Å². The van der Waals surface area contributed by atoms with Crippen molar-refractivity contribution in [3.63, 3.8) is 0 Å². The molecular formula is C10H11NO2S. The van der Waals surface area contributed by atoms with Crippen LogP contribution in [0.25, 0.3) is 0 Å². The Morgan fingerprint density at radius 2 is 2.07 bits per heavy atom. The van der Waals surface area contributed by atoms with Crippen LogP contribution in [0.4, 0.5) is 5.69 Å². The Balaban J connectivity index is 2.64. The first-order valence-electron chi connectivity index (χ1n) is 4.37. The fraction of sp³-hybridized carbons (Fsp3) is 0.200. The molecule has 0 radical (unpaired) electrons. The Bertz CT molecular complexity index is 489. The van der Waals surface area contributed by atoms with Crippen LogP contribution < -0.4 is 5.32 Å². The molecule has 1 heterocycles. The van der Waals surface area contributed by atoms with Crippen LogP contribution in [0, 0.1) is 0 Å². The fourth-order valence-electron chi connectivity index (χ4n) is 1.49. The largest absolute Gasteiger partial charge is 0.357 e. The first-order chi connectivity index (χ1) is 6.63. The predicted molar refractivity (Wildman–Crippen MR) is 55.9 cm³/mol. The number of hydrogen-bond donors (Lipinski definition) is 1. The van der Waals surface area contributed by atoms with E-state index in [9.17, 15) is 8.42 Å². The first-order valence-corrected chi connectivity index (χ1v) is 6.03. The van der Waals surface area contributed by atoms with Gasteiger partial charge in [0.15, 0.2) is 9.84 Å². The average molecular weight is 209 g/mol. The maximum absolute atomic E-state index is 11.8. The van der Waals surface area contributed by atoms with Crippen LogP contribution in [0.3, 0.4) is 0 Å². The highest BCUT2D eigenvalue weighted by Crippen LogP contribution is 2.28. The van der Waals surface area contributed by atoms with Gasteiger partial charge >= 0.3 is 0 Å². The van der Waals surface area contributed by atoms with Crippen molar-refractivity contribution in [2.45, 2.75) is 11.8 Å². The molecule has 2 rings (SSSR count). The molecule has 1 N–H and O–H groups in total. The Morgan fingerprint density at radius 3 is 2.79 bits per heavy atom. The summed E-state index contributed by atoms with van der Waals surface area (Å²) in [5.74, 6) is 0.0700. The third-order valence-corrected chi connectivity index (χ3v) is 3.93. The molecule has 14 heavy (non-hydrogen) atoms. The van der Waals surface area contributed by atoms with Gasteiger partial charge in [0.2, 0.25) is 0 Å². The highest BCUT2D eigenvalue weighted by Gasteiger charge is 2.25. The fourth-order valence-corrected chi connectivity index (χ4v) is 3.03. The molecule has 74 valence electrons. The van der Waals surface area contributed by atoms with Crippen molar-refractivity contribution >= 4 is 15.5 Å². The molecular weight excluding hydrogens is 198 g/mol. The van der Waals surface area contributed by atoms with Crippen LogP contribution >= 0.6 is 0 Å². The van der Waals surface area contributed by atoms with Gasteiger partial charge in [-0.2, -0.15) is 0 Å². The second kappa shape index (κ2) is 3.13. The van der Waals surface area contributed by atoms with E-state index >= 15 is 0 Å². The van der Waals surface area contributed by atoms with E-state index in [1.165, 1.54) is 0 Å². The van der Waals surface area contributed by atoms with Crippen LogP contribution in [0.1, 0.15) is 6.92 Å². The summed E-state index contributed by atoms with van der Waals surface area (Å²) in [6.45, 7) is 1.83. The summed E-state index contributed by atoms with van der Waals surface area (Å²) >= 11 is 0. The lowest BCUT2D eigenvalue weighted by molar-refractivity contribution is 0.597. The predicted octanol–water partition coefficient (Wildman–Crippen LogP) is 1.79. The van der Waals surface area contributed by atoms with E-state index in [0.29, 0.717) is 10.6 Å². The number of fused-ring (bicyclic) bond motifs is 1. The van der Waals surface area contributed by atoms with E-state index in [1.54, 1.807) is 24.3 Å². The Kier molecular flexibility index (Phi) is 2.07. The molecule has 0 amide bonds. The molecule has 1 aliphatic heterocycles. The normalized spacial score (nSPS) is 21.4. The van der Waals surface area contributed by atoms with Crippen molar-refractivity contribution in [3.05, 3.63) is 36.0 Å². The van der Waals surface area contributed by atoms with E-state index in [2.05, 4.69) is 5.32 Å². The molecule has 0 saturated heterocycles. The molecule has 1 aromatic rings. The molecule has 1 aliphatic rings. The molecule has 0 saturated carbocycles. The van der Waals surface area contributed by atoms with Crippen molar-refractivity contribution < 1.29 is 8.42 Å². The number of sulfone groups is 1. The summed E-state index contributed by atoms with van der Waals surface area (Å²) in [5.41, 5.74) is 1.41. The summed E-state index contributed by atoms with van der Waals surface area (Å²) in [4.78, 5) is 0.394. The average Bonchev–Trinajstić information content (AvgIpc) is 2.17. The smallest absolute Gasteiger partial charge is 0.186 e. The standard InChI is InChI=1S/C10H11NO2S/c1-2-8-7-14(12,13)10-6-4-3-5-9(10)11-8/h2-6,11H,7H2,1H3. The molecule has 0 aromatic heterocycles.